The van der Waals surface area contributed by atoms with Gasteiger partial charge in [-0.15, -0.1) is 11.3 Å². The zero-order chi connectivity index (χ0) is 21.6. The van der Waals surface area contributed by atoms with Crippen LogP contribution < -0.4 is 14.4 Å². The second-order valence-electron chi connectivity index (χ2n) is 7.29. The summed E-state index contributed by atoms with van der Waals surface area (Å²) >= 11 is 1.13. The smallest absolute Gasteiger partial charge is 0.340 e. The largest absolute Gasteiger partial charge is 0.484 e. The Morgan fingerprint density at radius 3 is 2.59 bits per heavy atom. The molecule has 3 rings (SSSR count). The Bertz CT molecular complexity index is 1090. The van der Waals surface area contributed by atoms with Gasteiger partial charge in [-0.3, -0.25) is 9.52 Å². The van der Waals surface area contributed by atoms with Crippen LogP contribution in [0.2, 0.25) is 0 Å². The van der Waals surface area contributed by atoms with Crippen LogP contribution in [0.1, 0.15) is 36.0 Å². The minimum Gasteiger partial charge on any atom is -0.484 e. The fourth-order valence-electron chi connectivity index (χ4n) is 3.07. The van der Waals surface area contributed by atoms with E-state index in [-0.39, 0.29) is 21.4 Å². The van der Waals surface area contributed by atoms with Crippen LogP contribution in [-0.2, 0) is 19.6 Å². The lowest BCUT2D eigenvalue weighted by molar-refractivity contribution is -0.117. The van der Waals surface area contributed by atoms with Crippen LogP contribution in [0.15, 0.2) is 29.2 Å². The van der Waals surface area contributed by atoms with Crippen molar-refractivity contribution in [2.75, 3.05) is 23.3 Å². The van der Waals surface area contributed by atoms with E-state index in [1.807, 2.05) is 13.8 Å². The van der Waals surface area contributed by atoms with Gasteiger partial charge >= 0.3 is 5.97 Å². The van der Waals surface area contributed by atoms with Crippen molar-refractivity contribution in [2.24, 2.45) is 0 Å². The number of amides is 1. The van der Waals surface area contributed by atoms with Crippen molar-refractivity contribution in [3.63, 3.8) is 0 Å². The first-order chi connectivity index (χ1) is 13.4. The molecule has 0 fully saturated rings. The number of thiophene rings is 1. The van der Waals surface area contributed by atoms with E-state index in [1.165, 1.54) is 37.1 Å². The number of benzene rings is 1. The van der Waals surface area contributed by atoms with Gasteiger partial charge in [-0.2, -0.15) is 0 Å². The van der Waals surface area contributed by atoms with Crippen LogP contribution in [0.25, 0.3) is 0 Å². The van der Waals surface area contributed by atoms with Crippen molar-refractivity contribution in [2.45, 2.75) is 38.2 Å². The summed E-state index contributed by atoms with van der Waals surface area (Å²) in [5.74, 6) is -0.416. The Balaban J connectivity index is 2.01. The third-order valence-corrected chi connectivity index (χ3v) is 6.77. The number of rotatable bonds is 4. The molecule has 1 aromatic carbocycles. The van der Waals surface area contributed by atoms with Gasteiger partial charge in [0.25, 0.3) is 10.0 Å². The first-order valence-corrected chi connectivity index (χ1v) is 11.1. The Kier molecular flexibility index (Phi) is 5.35. The lowest BCUT2D eigenvalue weighted by Crippen LogP contribution is -2.48. The summed E-state index contributed by atoms with van der Waals surface area (Å²) < 4.78 is 39.0. The predicted molar refractivity (Wildman–Crippen MR) is 110 cm³/mol. The molecule has 0 saturated carbocycles. The van der Waals surface area contributed by atoms with E-state index < -0.39 is 21.6 Å². The van der Waals surface area contributed by atoms with Gasteiger partial charge in [0.1, 0.15) is 16.4 Å². The average molecular weight is 439 g/mol. The molecule has 0 spiro atoms. The predicted octanol–water partition coefficient (Wildman–Crippen LogP) is 3.17. The number of nitrogens with zero attached hydrogens (tertiary/aromatic N) is 1. The molecule has 1 aromatic heterocycles. The molecule has 10 heteroatoms. The molecule has 1 amide bonds. The van der Waals surface area contributed by atoms with Gasteiger partial charge in [0, 0.05) is 11.8 Å². The zero-order valence-electron chi connectivity index (χ0n) is 16.7. The molecule has 1 aliphatic rings. The summed E-state index contributed by atoms with van der Waals surface area (Å²) in [6.07, 6.45) is 0. The van der Waals surface area contributed by atoms with Crippen molar-refractivity contribution in [3.05, 3.63) is 34.7 Å². The molecule has 0 saturated heterocycles. The third-order valence-electron chi connectivity index (χ3n) is 4.32. The third kappa shape index (κ3) is 4.23. The number of hydrogen-bond acceptors (Lipinski definition) is 7. The van der Waals surface area contributed by atoms with E-state index in [4.69, 9.17) is 9.47 Å². The molecule has 0 bridgehead atoms. The second-order valence-corrected chi connectivity index (χ2v) is 10.2. The molecule has 1 aliphatic heterocycles. The fourth-order valence-corrected chi connectivity index (χ4v) is 5.30. The monoisotopic (exact) mass is 438 g/mol. The molecule has 2 aromatic rings. The van der Waals surface area contributed by atoms with E-state index in [9.17, 15) is 18.0 Å². The Labute approximate surface area is 173 Å². The Morgan fingerprint density at radius 1 is 1.28 bits per heavy atom. The topological polar surface area (TPSA) is 102 Å². The van der Waals surface area contributed by atoms with E-state index in [2.05, 4.69) is 4.72 Å². The van der Waals surface area contributed by atoms with Crippen molar-refractivity contribution in [1.29, 1.82) is 0 Å². The van der Waals surface area contributed by atoms with Crippen LogP contribution in [0.5, 0.6) is 5.75 Å². The number of sulfonamides is 1. The number of esters is 1. The van der Waals surface area contributed by atoms with Crippen LogP contribution in [0, 0.1) is 6.92 Å². The molecule has 0 aliphatic carbocycles. The number of hydrogen-bond donors (Lipinski definition) is 1. The average Bonchev–Trinajstić information content (AvgIpc) is 2.98. The molecule has 0 unspecified atom stereocenters. The number of carbonyl (C=O) groups is 2. The molecular formula is C19H22N2O6S2. The first-order valence-electron chi connectivity index (χ1n) is 8.76. The van der Waals surface area contributed by atoms with Gasteiger partial charge in [-0.05, 0) is 45.0 Å². The zero-order valence-corrected chi connectivity index (χ0v) is 18.4. The molecule has 0 atom stereocenters. The first kappa shape index (κ1) is 21.1. The molecule has 29 heavy (non-hydrogen) atoms. The van der Waals surface area contributed by atoms with Gasteiger partial charge in [0.2, 0.25) is 5.91 Å². The highest BCUT2D eigenvalue weighted by molar-refractivity contribution is 7.93. The quantitative estimate of drug-likeness (QED) is 0.736. The molecule has 156 valence electrons. The van der Waals surface area contributed by atoms with Crippen molar-refractivity contribution >= 4 is 43.9 Å². The number of methoxy groups -OCH3 is 1. The van der Waals surface area contributed by atoms with E-state index >= 15 is 0 Å². The maximum absolute atomic E-state index is 13.0. The number of anilines is 2. The SMILES string of the molecule is COC(=O)c1cc(C)sc1NS(=O)(=O)c1ccc2c(c1)N(C(C)=O)CC(C)(C)O2. The maximum Gasteiger partial charge on any atom is 0.340 e. The number of aryl methyl sites for hydroxylation is 1. The summed E-state index contributed by atoms with van der Waals surface area (Å²) in [5.41, 5.74) is -0.0662. The molecule has 1 N–H and O–H groups in total. The second kappa shape index (κ2) is 7.34. The highest BCUT2D eigenvalue weighted by Crippen LogP contribution is 2.39. The lowest BCUT2D eigenvalue weighted by atomic mass is 10.1. The van der Waals surface area contributed by atoms with Crippen LogP contribution in [0.3, 0.4) is 0 Å². The standard InChI is InChI=1S/C19H22N2O6S2/c1-11-8-14(18(23)26-5)17(28-11)20-29(24,25)13-6-7-16-15(9-13)21(12(2)22)10-19(3,4)27-16/h6-9,20H,10H2,1-5H3. The minimum atomic E-state index is -4.02. The van der Waals surface area contributed by atoms with E-state index in [1.54, 1.807) is 13.0 Å². The van der Waals surface area contributed by atoms with Gasteiger partial charge < -0.3 is 14.4 Å². The van der Waals surface area contributed by atoms with Crippen molar-refractivity contribution in [1.82, 2.24) is 0 Å². The van der Waals surface area contributed by atoms with E-state index in [0.29, 0.717) is 18.0 Å². The normalized spacial score (nSPS) is 15.3. The van der Waals surface area contributed by atoms with Gasteiger partial charge in [0.05, 0.1) is 29.8 Å². The van der Waals surface area contributed by atoms with Crippen LogP contribution in [-0.4, -0.2) is 39.5 Å². The molecule has 2 heterocycles. The van der Waals surface area contributed by atoms with Crippen molar-refractivity contribution < 1.29 is 27.5 Å². The van der Waals surface area contributed by atoms with Gasteiger partial charge in [0.15, 0.2) is 0 Å². The number of ether oxygens (including phenoxy) is 2. The molecule has 0 radical (unpaired) electrons. The van der Waals surface area contributed by atoms with Crippen LogP contribution in [0.4, 0.5) is 10.7 Å². The number of carbonyl (C=O) groups excluding carboxylic acids is 2. The summed E-state index contributed by atoms with van der Waals surface area (Å²) in [6.45, 7) is 7.18. The Morgan fingerprint density at radius 2 is 1.97 bits per heavy atom. The van der Waals surface area contributed by atoms with Gasteiger partial charge in [-0.1, -0.05) is 0 Å². The fraction of sp³-hybridized carbons (Fsp3) is 0.368. The number of fused-ring (bicyclic) bond motifs is 1. The number of nitrogens with one attached hydrogen (secondary N) is 1. The minimum absolute atomic E-state index is 0.0484. The highest BCUT2D eigenvalue weighted by Gasteiger charge is 2.34. The molecule has 8 nitrogen and oxygen atoms in total. The van der Waals surface area contributed by atoms with Crippen molar-refractivity contribution in [3.8, 4) is 5.75 Å². The maximum atomic E-state index is 13.0. The highest BCUT2D eigenvalue weighted by atomic mass is 32.2. The summed E-state index contributed by atoms with van der Waals surface area (Å²) in [5, 5.41) is 0.174. The van der Waals surface area contributed by atoms with Crippen LogP contribution >= 0.6 is 11.3 Å². The van der Waals surface area contributed by atoms with Gasteiger partial charge in [-0.25, -0.2) is 13.2 Å². The molecular weight excluding hydrogens is 416 g/mol. The lowest BCUT2D eigenvalue weighted by Gasteiger charge is -2.39. The summed E-state index contributed by atoms with van der Waals surface area (Å²) in [7, 11) is -2.79. The summed E-state index contributed by atoms with van der Waals surface area (Å²) in [6, 6.07) is 5.89. The van der Waals surface area contributed by atoms with E-state index in [0.717, 1.165) is 16.2 Å². The summed E-state index contributed by atoms with van der Waals surface area (Å²) in [4.78, 5) is 26.2. The Hall–Kier alpha value is -2.59.